The average Bonchev–Trinajstić information content (AvgIpc) is 3.04. The van der Waals surface area contributed by atoms with Gasteiger partial charge in [0, 0.05) is 21.4 Å². The van der Waals surface area contributed by atoms with Gasteiger partial charge >= 0.3 is 6.09 Å². The molecule has 2 saturated heterocycles. The number of amides is 2. The van der Waals surface area contributed by atoms with Crippen molar-refractivity contribution in [1.29, 1.82) is 0 Å². The van der Waals surface area contributed by atoms with Crippen LogP contribution < -0.4 is 0 Å². The summed E-state index contributed by atoms with van der Waals surface area (Å²) in [4.78, 5) is 28.4. The third-order valence-electron chi connectivity index (χ3n) is 5.19. The van der Waals surface area contributed by atoms with Gasteiger partial charge in [0.05, 0.1) is 19.3 Å². The predicted octanol–water partition coefficient (Wildman–Crippen LogP) is 2.01. The maximum absolute atomic E-state index is 13.0. The summed E-state index contributed by atoms with van der Waals surface area (Å²) >= 11 is 0. The van der Waals surface area contributed by atoms with Crippen LogP contribution in [0.15, 0.2) is 0 Å². The molecule has 4 atom stereocenters. The summed E-state index contributed by atoms with van der Waals surface area (Å²) in [6.45, 7) is 7.29. The Labute approximate surface area is 146 Å². The van der Waals surface area contributed by atoms with Gasteiger partial charge in [-0.2, -0.15) is 0 Å². The lowest BCUT2D eigenvalue weighted by Crippen LogP contribution is -2.46. The van der Waals surface area contributed by atoms with Crippen LogP contribution in [0.1, 0.15) is 40.0 Å². The van der Waals surface area contributed by atoms with E-state index in [1.165, 1.54) is 4.90 Å². The highest BCUT2D eigenvalue weighted by Gasteiger charge is 2.43. The molecule has 7 nitrogen and oxygen atoms in total. The van der Waals surface area contributed by atoms with Gasteiger partial charge in [0.25, 0.3) is 0 Å². The van der Waals surface area contributed by atoms with Crippen LogP contribution in [0.3, 0.4) is 0 Å². The van der Waals surface area contributed by atoms with Crippen molar-refractivity contribution >= 4 is 21.5 Å². The number of carbonyl (C=O) groups excluding carboxylic acids is 2. The van der Waals surface area contributed by atoms with Crippen molar-refractivity contribution in [2.24, 2.45) is 5.92 Å². The molecule has 2 rings (SSSR count). The smallest absolute Gasteiger partial charge is 0.416 e. The first-order valence-corrected chi connectivity index (χ1v) is 8.97. The van der Waals surface area contributed by atoms with Gasteiger partial charge in [0.2, 0.25) is 5.91 Å². The standard InChI is InChI=1S/C16H29N2O5P/c1-5-12-9-21-15(20)18(12)14(19)11(6-7-23-24)8-13-10-22-16(2,3)17(13)4/h11-13H,5-10,24H2,1-4H3/t11-,12-,13-/m0/s1. The first kappa shape index (κ1) is 19.6. The second-order valence-electron chi connectivity index (χ2n) is 6.96. The van der Waals surface area contributed by atoms with Gasteiger partial charge in [0.15, 0.2) is 0 Å². The van der Waals surface area contributed by atoms with Crippen LogP contribution >= 0.6 is 9.47 Å². The molecular weight excluding hydrogens is 331 g/mol. The zero-order valence-corrected chi connectivity index (χ0v) is 16.1. The van der Waals surface area contributed by atoms with Crippen LogP contribution in [0, 0.1) is 5.92 Å². The summed E-state index contributed by atoms with van der Waals surface area (Å²) in [5.41, 5.74) is -0.339. The van der Waals surface area contributed by atoms with Crippen molar-refractivity contribution in [1.82, 2.24) is 9.80 Å². The van der Waals surface area contributed by atoms with E-state index in [0.29, 0.717) is 32.5 Å². The van der Waals surface area contributed by atoms with E-state index in [1.54, 1.807) is 0 Å². The summed E-state index contributed by atoms with van der Waals surface area (Å²) in [6, 6.07) is -0.0319. The first-order valence-electron chi connectivity index (χ1n) is 8.50. The lowest BCUT2D eigenvalue weighted by molar-refractivity contribution is -0.134. The number of cyclic esters (lactones) is 1. The second-order valence-corrected chi connectivity index (χ2v) is 7.30. The molecule has 2 aliphatic heterocycles. The molecule has 0 radical (unpaired) electrons. The van der Waals surface area contributed by atoms with Crippen molar-refractivity contribution in [3.63, 3.8) is 0 Å². The van der Waals surface area contributed by atoms with E-state index in [0.717, 1.165) is 0 Å². The number of ether oxygens (including phenoxy) is 2. The molecule has 2 heterocycles. The van der Waals surface area contributed by atoms with Gasteiger partial charge in [-0.25, -0.2) is 9.69 Å². The molecule has 1 unspecified atom stereocenters. The van der Waals surface area contributed by atoms with Gasteiger partial charge < -0.3 is 14.0 Å². The topological polar surface area (TPSA) is 68.3 Å². The molecule has 0 aromatic heterocycles. The fourth-order valence-electron chi connectivity index (χ4n) is 3.29. The van der Waals surface area contributed by atoms with E-state index in [4.69, 9.17) is 14.0 Å². The Morgan fingerprint density at radius 2 is 2.12 bits per heavy atom. The molecule has 2 amide bonds. The van der Waals surface area contributed by atoms with Crippen molar-refractivity contribution in [3.8, 4) is 0 Å². The van der Waals surface area contributed by atoms with Gasteiger partial charge in [-0.05, 0) is 40.2 Å². The number of hydrogen-bond donors (Lipinski definition) is 0. The Balaban J connectivity index is 2.10. The van der Waals surface area contributed by atoms with Crippen LogP contribution in [-0.2, 0) is 18.8 Å². The summed E-state index contributed by atoms with van der Waals surface area (Å²) < 4.78 is 16.0. The quantitative estimate of drug-likeness (QED) is 0.647. The molecule has 0 N–H and O–H groups in total. The third-order valence-corrected chi connectivity index (χ3v) is 5.42. The van der Waals surface area contributed by atoms with Crippen molar-refractivity contribution < 1.29 is 23.6 Å². The Morgan fingerprint density at radius 1 is 1.42 bits per heavy atom. The number of carbonyl (C=O) groups is 2. The maximum Gasteiger partial charge on any atom is 0.416 e. The number of likely N-dealkylation sites (N-methyl/N-ethyl adjacent to an activating group) is 1. The monoisotopic (exact) mass is 360 g/mol. The van der Waals surface area contributed by atoms with Crippen LogP contribution in [0.4, 0.5) is 4.79 Å². The molecule has 8 heteroatoms. The Kier molecular flexibility index (Phi) is 6.59. The molecule has 24 heavy (non-hydrogen) atoms. The van der Waals surface area contributed by atoms with E-state index >= 15 is 0 Å². The number of rotatable bonds is 7. The van der Waals surface area contributed by atoms with Gasteiger partial charge in [-0.15, -0.1) is 0 Å². The fraction of sp³-hybridized carbons (Fsp3) is 0.875. The Morgan fingerprint density at radius 3 is 2.67 bits per heavy atom. The number of imide groups is 1. The predicted molar refractivity (Wildman–Crippen MR) is 92.2 cm³/mol. The van der Waals surface area contributed by atoms with Crippen LogP contribution in [0.5, 0.6) is 0 Å². The van der Waals surface area contributed by atoms with E-state index in [9.17, 15) is 9.59 Å². The van der Waals surface area contributed by atoms with Crippen LogP contribution in [0.2, 0.25) is 0 Å². The molecule has 2 fully saturated rings. The molecule has 0 bridgehead atoms. The number of nitrogens with zero attached hydrogens (tertiary/aromatic N) is 2. The van der Waals surface area contributed by atoms with E-state index in [1.807, 2.05) is 27.8 Å². The van der Waals surface area contributed by atoms with E-state index in [2.05, 4.69) is 14.4 Å². The molecule has 0 aromatic carbocycles. The third kappa shape index (κ3) is 4.07. The maximum atomic E-state index is 13.0. The first-order chi connectivity index (χ1) is 11.3. The highest BCUT2D eigenvalue weighted by atomic mass is 31.0. The Bertz CT molecular complexity index is 473. The van der Waals surface area contributed by atoms with Crippen molar-refractivity contribution in [2.75, 3.05) is 26.9 Å². The normalized spacial score (nSPS) is 28.2. The second kappa shape index (κ2) is 8.09. The molecule has 0 aromatic rings. The van der Waals surface area contributed by atoms with Gasteiger partial charge in [-0.1, -0.05) is 6.92 Å². The summed E-state index contributed by atoms with van der Waals surface area (Å²) in [7, 11) is 4.21. The van der Waals surface area contributed by atoms with Gasteiger partial charge in [0.1, 0.15) is 12.3 Å². The van der Waals surface area contributed by atoms with Crippen molar-refractivity contribution in [3.05, 3.63) is 0 Å². The van der Waals surface area contributed by atoms with E-state index < -0.39 is 6.09 Å². The molecule has 138 valence electrons. The lowest BCUT2D eigenvalue weighted by atomic mass is 9.94. The fourth-order valence-corrected chi connectivity index (χ4v) is 3.42. The van der Waals surface area contributed by atoms with Crippen molar-refractivity contribution in [2.45, 2.75) is 57.8 Å². The largest absolute Gasteiger partial charge is 0.447 e. The Hall–Kier alpha value is -0.750. The van der Waals surface area contributed by atoms with E-state index in [-0.39, 0.29) is 36.2 Å². The van der Waals surface area contributed by atoms with Gasteiger partial charge in [-0.3, -0.25) is 9.69 Å². The lowest BCUT2D eigenvalue weighted by Gasteiger charge is -2.32. The minimum Gasteiger partial charge on any atom is -0.447 e. The summed E-state index contributed by atoms with van der Waals surface area (Å²) in [6.07, 6.45) is 1.37. The SMILES string of the molecule is CC[C@H]1COC(=O)N1C(=O)[C@@H](CCOP)C[C@H]1COC(C)(C)N1C. The zero-order valence-electron chi connectivity index (χ0n) is 15.0. The summed E-state index contributed by atoms with van der Waals surface area (Å²) in [5, 5.41) is 0. The highest BCUT2D eigenvalue weighted by molar-refractivity contribution is 7.09. The number of hydrogen-bond acceptors (Lipinski definition) is 6. The minimum atomic E-state index is -0.528. The molecule has 2 aliphatic rings. The minimum absolute atomic E-state index is 0.136. The molecule has 0 saturated carbocycles. The highest BCUT2D eigenvalue weighted by Crippen LogP contribution is 2.31. The molecular formula is C16H29N2O5P. The summed E-state index contributed by atoms with van der Waals surface area (Å²) in [5.74, 6) is -0.459. The molecule has 0 aliphatic carbocycles. The zero-order chi connectivity index (χ0) is 17.9. The molecule has 0 spiro atoms. The van der Waals surface area contributed by atoms with Crippen LogP contribution in [-0.4, -0.2) is 66.5 Å². The van der Waals surface area contributed by atoms with Crippen LogP contribution in [0.25, 0.3) is 0 Å². The average molecular weight is 360 g/mol.